The molecule has 30 heavy (non-hydrogen) atoms. The van der Waals surface area contributed by atoms with E-state index in [4.69, 9.17) is 13.9 Å². The Bertz CT molecular complexity index is 986. The van der Waals surface area contributed by atoms with Crippen molar-refractivity contribution in [2.24, 2.45) is 0 Å². The van der Waals surface area contributed by atoms with Gasteiger partial charge in [-0.15, -0.1) is 0 Å². The van der Waals surface area contributed by atoms with Crippen LogP contribution in [0.3, 0.4) is 0 Å². The summed E-state index contributed by atoms with van der Waals surface area (Å²) < 4.78 is 16.4. The Morgan fingerprint density at radius 1 is 1.17 bits per heavy atom. The average molecular weight is 410 g/mol. The van der Waals surface area contributed by atoms with Gasteiger partial charge in [-0.25, -0.2) is 4.79 Å². The molecule has 1 fully saturated rings. The Morgan fingerprint density at radius 3 is 2.80 bits per heavy atom. The van der Waals surface area contributed by atoms with Crippen LogP contribution in [0.1, 0.15) is 18.4 Å². The number of urea groups is 1. The fourth-order valence-corrected chi connectivity index (χ4v) is 3.73. The van der Waals surface area contributed by atoms with Gasteiger partial charge >= 0.3 is 6.03 Å². The molecule has 0 spiro atoms. The van der Waals surface area contributed by atoms with Crippen molar-refractivity contribution in [3.8, 4) is 11.5 Å². The summed E-state index contributed by atoms with van der Waals surface area (Å²) in [5, 5.41) is 5.85. The van der Waals surface area contributed by atoms with Crippen LogP contribution >= 0.6 is 0 Å². The number of carbonyl (C=O) groups excluding carboxylic acids is 1. The number of rotatable bonds is 7. The molecule has 2 aromatic carbocycles. The third-order valence-corrected chi connectivity index (χ3v) is 5.30. The fraction of sp³-hybridized carbons (Fsp3) is 0.364. The number of nitrogens with one attached hydrogen (secondary N) is 2. The van der Waals surface area contributed by atoms with Gasteiger partial charge in [0.15, 0.2) is 17.1 Å². The molecule has 1 saturated heterocycles. The average Bonchev–Trinajstić information content (AvgIpc) is 3.42. The number of nitrogens with zero attached hydrogens (tertiary/aromatic N) is 2. The second kappa shape index (κ2) is 8.94. The van der Waals surface area contributed by atoms with Crippen LogP contribution in [-0.4, -0.2) is 44.4 Å². The predicted octanol–water partition coefficient (Wildman–Crippen LogP) is 3.31. The van der Waals surface area contributed by atoms with E-state index in [1.807, 2.05) is 42.5 Å². The zero-order valence-corrected chi connectivity index (χ0v) is 17.2. The van der Waals surface area contributed by atoms with Gasteiger partial charge in [-0.2, -0.15) is 4.98 Å². The minimum atomic E-state index is -0.214. The molecule has 8 heteroatoms. The first kappa shape index (κ1) is 19.9. The summed E-state index contributed by atoms with van der Waals surface area (Å²) in [6.45, 7) is 1.79. The third kappa shape index (κ3) is 4.27. The molecule has 1 aromatic heterocycles. The maximum absolute atomic E-state index is 12.3. The lowest BCUT2D eigenvalue weighted by Gasteiger charge is -2.23. The minimum absolute atomic E-state index is 0.157. The maximum Gasteiger partial charge on any atom is 0.315 e. The summed E-state index contributed by atoms with van der Waals surface area (Å²) in [4.78, 5) is 19.0. The van der Waals surface area contributed by atoms with Crippen LogP contribution in [0.5, 0.6) is 11.5 Å². The molecule has 1 atom stereocenters. The number of ether oxygens (including phenoxy) is 2. The Kier molecular flexibility index (Phi) is 5.92. The number of fused-ring (bicyclic) bond motifs is 1. The normalized spacial score (nSPS) is 15.9. The van der Waals surface area contributed by atoms with Crippen LogP contribution in [0.2, 0.25) is 0 Å². The van der Waals surface area contributed by atoms with E-state index < -0.39 is 0 Å². The van der Waals surface area contributed by atoms with E-state index in [1.165, 1.54) is 0 Å². The number of benzene rings is 2. The standard InChI is InChI=1S/C22H26N4O4/c1-28-19-10-9-15(12-20(19)29-2)13-23-21(27)24-14-16-6-5-11-26(16)22-25-17-7-3-4-8-18(17)30-22/h3-4,7-10,12,16H,5-6,11,13-14H2,1-2H3,(H2,23,24,27). The van der Waals surface area contributed by atoms with Crippen LogP contribution in [-0.2, 0) is 6.54 Å². The van der Waals surface area contributed by atoms with Gasteiger partial charge in [0, 0.05) is 19.6 Å². The van der Waals surface area contributed by atoms with Crippen molar-refractivity contribution < 1.29 is 18.7 Å². The summed E-state index contributed by atoms with van der Waals surface area (Å²) in [6, 6.07) is 13.9. The molecular formula is C22H26N4O4. The van der Waals surface area contributed by atoms with Crippen molar-refractivity contribution >= 4 is 23.1 Å². The maximum atomic E-state index is 12.3. The van der Waals surface area contributed by atoms with Crippen LogP contribution < -0.4 is 25.0 Å². The fourth-order valence-electron chi connectivity index (χ4n) is 3.73. The topological polar surface area (TPSA) is 88.9 Å². The highest BCUT2D eigenvalue weighted by Crippen LogP contribution is 2.28. The van der Waals surface area contributed by atoms with Gasteiger partial charge < -0.3 is 29.4 Å². The van der Waals surface area contributed by atoms with Crippen molar-refractivity contribution in [1.82, 2.24) is 15.6 Å². The van der Waals surface area contributed by atoms with E-state index in [9.17, 15) is 4.79 Å². The second-order valence-electron chi connectivity index (χ2n) is 7.21. The van der Waals surface area contributed by atoms with Crippen molar-refractivity contribution in [3.63, 3.8) is 0 Å². The Morgan fingerprint density at radius 2 is 2.00 bits per heavy atom. The van der Waals surface area contributed by atoms with Crippen molar-refractivity contribution in [2.45, 2.75) is 25.4 Å². The lowest BCUT2D eigenvalue weighted by Crippen LogP contribution is -2.44. The number of hydrogen-bond donors (Lipinski definition) is 2. The number of methoxy groups -OCH3 is 2. The summed E-state index contributed by atoms with van der Waals surface area (Å²) in [7, 11) is 3.18. The molecule has 8 nitrogen and oxygen atoms in total. The molecule has 0 radical (unpaired) electrons. The highest BCUT2D eigenvalue weighted by atomic mass is 16.5. The first-order chi connectivity index (χ1) is 14.7. The van der Waals surface area contributed by atoms with Crippen LogP contribution in [0, 0.1) is 0 Å². The number of oxazole rings is 1. The zero-order chi connectivity index (χ0) is 20.9. The number of aromatic nitrogens is 1. The number of para-hydroxylation sites is 2. The molecule has 2 amide bonds. The monoisotopic (exact) mass is 410 g/mol. The number of carbonyl (C=O) groups is 1. The number of amides is 2. The highest BCUT2D eigenvalue weighted by molar-refractivity contribution is 5.75. The summed E-state index contributed by atoms with van der Waals surface area (Å²) >= 11 is 0. The molecule has 4 rings (SSSR count). The third-order valence-electron chi connectivity index (χ3n) is 5.30. The summed E-state index contributed by atoms with van der Waals surface area (Å²) in [6.07, 6.45) is 2.02. The van der Waals surface area contributed by atoms with E-state index in [1.54, 1.807) is 14.2 Å². The Labute approximate surface area is 175 Å². The van der Waals surface area contributed by atoms with Crippen molar-refractivity contribution in [1.29, 1.82) is 0 Å². The quantitative estimate of drug-likeness (QED) is 0.621. The number of hydrogen-bond acceptors (Lipinski definition) is 6. The van der Waals surface area contributed by atoms with Gasteiger partial charge in [0.05, 0.1) is 20.3 Å². The minimum Gasteiger partial charge on any atom is -0.493 e. The molecule has 3 aromatic rings. The molecule has 0 saturated carbocycles. The van der Waals surface area contributed by atoms with Crippen molar-refractivity contribution in [3.05, 3.63) is 48.0 Å². The summed E-state index contributed by atoms with van der Waals surface area (Å²) in [5.74, 6) is 1.29. The van der Waals surface area contributed by atoms with Gasteiger partial charge in [-0.05, 0) is 42.7 Å². The molecule has 158 valence electrons. The predicted molar refractivity (Wildman–Crippen MR) is 114 cm³/mol. The van der Waals surface area contributed by atoms with Gasteiger partial charge in [0.1, 0.15) is 5.52 Å². The van der Waals surface area contributed by atoms with Crippen LogP contribution in [0.25, 0.3) is 11.1 Å². The highest BCUT2D eigenvalue weighted by Gasteiger charge is 2.28. The van der Waals surface area contributed by atoms with E-state index in [0.29, 0.717) is 30.6 Å². The molecule has 0 bridgehead atoms. The Hall–Kier alpha value is -3.42. The molecular weight excluding hydrogens is 384 g/mol. The summed E-state index contributed by atoms with van der Waals surface area (Å²) in [5.41, 5.74) is 2.55. The lowest BCUT2D eigenvalue weighted by atomic mass is 10.2. The molecule has 1 aliphatic rings. The lowest BCUT2D eigenvalue weighted by molar-refractivity contribution is 0.239. The van der Waals surface area contributed by atoms with E-state index in [0.717, 1.165) is 36.0 Å². The van der Waals surface area contributed by atoms with E-state index in [-0.39, 0.29) is 12.1 Å². The first-order valence-corrected chi connectivity index (χ1v) is 10.0. The van der Waals surface area contributed by atoms with Gasteiger partial charge in [0.25, 0.3) is 6.01 Å². The zero-order valence-electron chi connectivity index (χ0n) is 17.2. The number of anilines is 1. The molecule has 0 aliphatic carbocycles. The smallest absolute Gasteiger partial charge is 0.315 e. The Balaban J connectivity index is 1.31. The molecule has 1 aliphatic heterocycles. The molecule has 2 heterocycles. The van der Waals surface area contributed by atoms with Crippen molar-refractivity contribution in [2.75, 3.05) is 32.2 Å². The SMILES string of the molecule is COc1ccc(CNC(=O)NCC2CCCN2c2nc3ccccc3o2)cc1OC. The molecule has 2 N–H and O–H groups in total. The van der Waals surface area contributed by atoms with Gasteiger partial charge in [-0.1, -0.05) is 18.2 Å². The molecule has 1 unspecified atom stereocenters. The van der Waals surface area contributed by atoms with Gasteiger partial charge in [0.2, 0.25) is 0 Å². The van der Waals surface area contributed by atoms with E-state index >= 15 is 0 Å². The second-order valence-corrected chi connectivity index (χ2v) is 7.21. The van der Waals surface area contributed by atoms with Crippen LogP contribution in [0.4, 0.5) is 10.8 Å². The van der Waals surface area contributed by atoms with E-state index in [2.05, 4.69) is 20.5 Å². The van der Waals surface area contributed by atoms with Crippen LogP contribution in [0.15, 0.2) is 46.9 Å². The van der Waals surface area contributed by atoms with Gasteiger partial charge in [-0.3, -0.25) is 0 Å². The largest absolute Gasteiger partial charge is 0.493 e. The first-order valence-electron chi connectivity index (χ1n) is 10.0.